The molecule has 0 unspecified atom stereocenters. The van der Waals surface area contributed by atoms with Crippen molar-refractivity contribution in [1.29, 1.82) is 0 Å². The van der Waals surface area contributed by atoms with Crippen molar-refractivity contribution in [3.05, 3.63) is 77.9 Å². The average molecular weight is 569 g/mol. The smallest absolute Gasteiger partial charge is 0.341 e. The number of carboxylic acids is 1. The van der Waals surface area contributed by atoms with Crippen molar-refractivity contribution in [2.75, 3.05) is 62.5 Å². The van der Waals surface area contributed by atoms with Crippen LogP contribution < -0.4 is 25.0 Å². The molecule has 4 rings (SSSR count). The molecule has 0 aromatic heterocycles. The van der Waals surface area contributed by atoms with E-state index < -0.39 is 24.4 Å². The molecule has 0 atom stereocenters. The number of para-hydroxylation sites is 1. The van der Waals surface area contributed by atoms with Crippen LogP contribution in [-0.4, -0.2) is 74.7 Å². The summed E-state index contributed by atoms with van der Waals surface area (Å²) < 4.78 is 10.6. The van der Waals surface area contributed by atoms with Gasteiger partial charge in [-0.25, -0.2) is 4.79 Å². The fraction of sp³-hybridized carbons (Fsp3) is 0.276. The fourth-order valence-electron chi connectivity index (χ4n) is 4.27. The van der Waals surface area contributed by atoms with Crippen molar-refractivity contribution >= 4 is 47.3 Å². The number of nitrogens with zero attached hydrogens (tertiary/aromatic N) is 2. The molecule has 1 heterocycles. The van der Waals surface area contributed by atoms with Crippen molar-refractivity contribution in [3.63, 3.8) is 0 Å². The Morgan fingerprint density at radius 3 is 2.15 bits per heavy atom. The third-order valence-electron chi connectivity index (χ3n) is 6.43. The van der Waals surface area contributed by atoms with Crippen LogP contribution in [0.15, 0.2) is 66.7 Å². The summed E-state index contributed by atoms with van der Waals surface area (Å²) in [4.78, 5) is 41.9. The Morgan fingerprint density at radius 1 is 0.850 bits per heavy atom. The highest BCUT2D eigenvalue weighted by molar-refractivity contribution is 6.11. The zero-order valence-electron chi connectivity index (χ0n) is 22.4. The van der Waals surface area contributed by atoms with Crippen LogP contribution in [0.1, 0.15) is 27.1 Å². The van der Waals surface area contributed by atoms with Crippen molar-refractivity contribution in [1.82, 2.24) is 4.90 Å². The summed E-state index contributed by atoms with van der Waals surface area (Å²) in [6.45, 7) is 3.27. The summed E-state index contributed by atoms with van der Waals surface area (Å²) in [6, 6.07) is 18.6. The zero-order valence-corrected chi connectivity index (χ0v) is 23.2. The van der Waals surface area contributed by atoms with Crippen LogP contribution in [0.5, 0.6) is 11.5 Å². The number of likely N-dealkylation sites (N-methyl/N-ethyl adjacent to an activating group) is 1. The van der Waals surface area contributed by atoms with Crippen molar-refractivity contribution in [3.8, 4) is 11.5 Å². The predicted molar refractivity (Wildman–Crippen MR) is 156 cm³/mol. The van der Waals surface area contributed by atoms with Crippen LogP contribution in [0.4, 0.5) is 17.1 Å². The van der Waals surface area contributed by atoms with Crippen molar-refractivity contribution in [2.24, 2.45) is 0 Å². The molecule has 1 aliphatic heterocycles. The fourth-order valence-corrected chi connectivity index (χ4v) is 4.27. The number of anilines is 3. The first kappa shape index (κ1) is 30.3. The van der Waals surface area contributed by atoms with Gasteiger partial charge >= 0.3 is 5.97 Å². The molecule has 0 aliphatic carbocycles. The lowest BCUT2D eigenvalue weighted by atomic mass is 10.1. The number of carbonyl (C=O) groups excluding carboxylic acids is 2. The van der Waals surface area contributed by atoms with Gasteiger partial charge in [0.1, 0.15) is 17.2 Å². The van der Waals surface area contributed by atoms with Crippen LogP contribution in [0.25, 0.3) is 0 Å². The van der Waals surface area contributed by atoms with Crippen LogP contribution in [0.2, 0.25) is 0 Å². The number of aliphatic carboxylic acids is 1. The number of carbonyl (C=O) groups is 3. The van der Waals surface area contributed by atoms with Gasteiger partial charge in [0, 0.05) is 36.4 Å². The molecule has 0 saturated carbocycles. The van der Waals surface area contributed by atoms with E-state index >= 15 is 0 Å². The second-order valence-electron chi connectivity index (χ2n) is 9.19. The SMILES string of the molecule is COc1ccc(C(=O)Nc2cccc(OCC(=O)O)c2NC(=O)c2ccc(N3CCCN(C)CC3)cc2)cc1.Cl. The number of methoxy groups -OCH3 is 1. The van der Waals surface area contributed by atoms with E-state index in [1.165, 1.54) is 13.2 Å². The molecule has 3 N–H and O–H groups in total. The maximum atomic E-state index is 13.2. The van der Waals surface area contributed by atoms with E-state index in [0.29, 0.717) is 16.9 Å². The number of amides is 2. The molecular formula is C29H33ClN4O6. The van der Waals surface area contributed by atoms with Crippen LogP contribution >= 0.6 is 12.4 Å². The first-order valence-corrected chi connectivity index (χ1v) is 12.6. The normalized spacial score (nSPS) is 13.4. The minimum atomic E-state index is -1.17. The summed E-state index contributed by atoms with van der Waals surface area (Å²) >= 11 is 0. The van der Waals surface area contributed by atoms with Crippen LogP contribution in [-0.2, 0) is 4.79 Å². The quantitative estimate of drug-likeness (QED) is 0.351. The summed E-state index contributed by atoms with van der Waals surface area (Å²) in [5.41, 5.74) is 2.24. The molecule has 10 nitrogen and oxygen atoms in total. The summed E-state index contributed by atoms with van der Waals surface area (Å²) in [6.07, 6.45) is 1.07. The maximum absolute atomic E-state index is 13.2. The molecule has 1 saturated heterocycles. The molecule has 2 amide bonds. The van der Waals surface area contributed by atoms with E-state index in [-0.39, 0.29) is 29.5 Å². The van der Waals surface area contributed by atoms with Gasteiger partial charge in [-0.15, -0.1) is 12.4 Å². The largest absolute Gasteiger partial charge is 0.497 e. The Kier molecular flexibility index (Phi) is 10.7. The molecule has 11 heteroatoms. The van der Waals surface area contributed by atoms with E-state index in [1.54, 1.807) is 48.5 Å². The van der Waals surface area contributed by atoms with E-state index in [9.17, 15) is 14.4 Å². The maximum Gasteiger partial charge on any atom is 0.341 e. The van der Waals surface area contributed by atoms with Gasteiger partial charge < -0.3 is 35.0 Å². The second-order valence-corrected chi connectivity index (χ2v) is 9.19. The number of hydrogen-bond donors (Lipinski definition) is 3. The second kappa shape index (κ2) is 14.2. The lowest BCUT2D eigenvalue weighted by Gasteiger charge is -2.23. The van der Waals surface area contributed by atoms with E-state index in [1.807, 2.05) is 12.1 Å². The lowest BCUT2D eigenvalue weighted by Crippen LogP contribution is -2.28. The minimum Gasteiger partial charge on any atom is -0.497 e. The molecule has 3 aromatic carbocycles. The van der Waals surface area contributed by atoms with Gasteiger partial charge in [0.2, 0.25) is 0 Å². The molecule has 3 aromatic rings. The van der Waals surface area contributed by atoms with E-state index in [2.05, 4.69) is 27.5 Å². The number of carboxylic acid groups (broad SMARTS) is 1. The summed E-state index contributed by atoms with van der Waals surface area (Å²) in [5.74, 6) is -1.30. The standard InChI is InChI=1S/C29H32N4O6.ClH/c1-32-15-4-16-33(18-17-32)22-11-7-20(8-12-22)29(37)31-27-24(5-3-6-25(27)39-19-26(34)35)30-28(36)21-9-13-23(38-2)14-10-21;/h3,5-14H,4,15-19H2,1-2H3,(H,30,36)(H,31,37)(H,34,35);1H. The van der Waals surface area contributed by atoms with Gasteiger partial charge in [-0.1, -0.05) is 6.07 Å². The van der Waals surface area contributed by atoms with E-state index in [4.69, 9.17) is 14.6 Å². The summed E-state index contributed by atoms with van der Waals surface area (Å²) in [5, 5.41) is 14.7. The Morgan fingerprint density at radius 2 is 1.50 bits per heavy atom. The van der Waals surface area contributed by atoms with Gasteiger partial charge in [0.25, 0.3) is 11.8 Å². The van der Waals surface area contributed by atoms with Gasteiger partial charge in [-0.05, 0) is 80.7 Å². The number of benzene rings is 3. The Balaban J connectivity index is 0.00000441. The van der Waals surface area contributed by atoms with Gasteiger partial charge in [0.15, 0.2) is 6.61 Å². The highest BCUT2D eigenvalue weighted by Gasteiger charge is 2.19. The number of hydrogen-bond acceptors (Lipinski definition) is 7. The Bertz CT molecular complexity index is 1320. The summed E-state index contributed by atoms with van der Waals surface area (Å²) in [7, 11) is 3.65. The molecule has 40 heavy (non-hydrogen) atoms. The molecular weight excluding hydrogens is 536 g/mol. The van der Waals surface area contributed by atoms with Crippen molar-refractivity contribution in [2.45, 2.75) is 6.42 Å². The van der Waals surface area contributed by atoms with E-state index in [0.717, 1.165) is 38.3 Å². The van der Waals surface area contributed by atoms with Crippen molar-refractivity contribution < 1.29 is 29.0 Å². The highest BCUT2D eigenvalue weighted by atomic mass is 35.5. The predicted octanol–water partition coefficient (Wildman–Crippen LogP) is 4.23. The topological polar surface area (TPSA) is 120 Å². The number of ether oxygens (including phenoxy) is 2. The zero-order chi connectivity index (χ0) is 27.8. The molecule has 0 bridgehead atoms. The van der Waals surface area contributed by atoms with Gasteiger partial charge in [-0.3, -0.25) is 9.59 Å². The molecule has 1 fully saturated rings. The third-order valence-corrected chi connectivity index (χ3v) is 6.43. The molecule has 1 aliphatic rings. The molecule has 0 radical (unpaired) electrons. The molecule has 212 valence electrons. The average Bonchev–Trinajstić information content (AvgIpc) is 3.17. The Labute approximate surface area is 239 Å². The van der Waals surface area contributed by atoms with Gasteiger partial charge in [0.05, 0.1) is 12.8 Å². The minimum absolute atomic E-state index is 0. The number of rotatable bonds is 9. The van der Waals surface area contributed by atoms with Crippen LogP contribution in [0, 0.1) is 0 Å². The highest BCUT2D eigenvalue weighted by Crippen LogP contribution is 2.34. The third kappa shape index (κ3) is 7.87. The van der Waals surface area contributed by atoms with Gasteiger partial charge in [-0.2, -0.15) is 0 Å². The van der Waals surface area contributed by atoms with Crippen LogP contribution in [0.3, 0.4) is 0 Å². The number of halogens is 1. The lowest BCUT2D eigenvalue weighted by molar-refractivity contribution is -0.139. The monoisotopic (exact) mass is 568 g/mol. The number of nitrogens with one attached hydrogen (secondary N) is 2. The Hall–Kier alpha value is -4.28. The first-order valence-electron chi connectivity index (χ1n) is 12.6. The first-order chi connectivity index (χ1) is 18.8. The molecule has 0 spiro atoms.